The summed E-state index contributed by atoms with van der Waals surface area (Å²) in [6, 6.07) is 14.6. The summed E-state index contributed by atoms with van der Waals surface area (Å²) < 4.78 is 12.3. The van der Waals surface area contributed by atoms with E-state index in [1.807, 2.05) is 35.1 Å². The van der Waals surface area contributed by atoms with Crippen LogP contribution in [-0.2, 0) is 26.6 Å². The van der Waals surface area contributed by atoms with Gasteiger partial charge in [0.1, 0.15) is 18.1 Å². The number of aromatic nitrogens is 2. The van der Waals surface area contributed by atoms with Crippen LogP contribution in [0.3, 0.4) is 0 Å². The third kappa shape index (κ3) is 5.08. The molecule has 0 radical (unpaired) electrons. The summed E-state index contributed by atoms with van der Waals surface area (Å²) in [6.07, 6.45) is 1.05. The normalized spacial score (nSPS) is 11.8. The Balaban J connectivity index is 1.64. The van der Waals surface area contributed by atoms with Crippen molar-refractivity contribution in [1.82, 2.24) is 9.55 Å². The van der Waals surface area contributed by atoms with Crippen LogP contribution in [0.4, 0.5) is 5.69 Å². The number of hydrogen-bond donors (Lipinski definition) is 1. The molecule has 29 heavy (non-hydrogen) atoms. The van der Waals surface area contributed by atoms with Crippen molar-refractivity contribution in [3.05, 3.63) is 54.4 Å². The van der Waals surface area contributed by atoms with E-state index in [1.54, 1.807) is 50.1 Å². The highest BCUT2D eigenvalue weighted by molar-refractivity contribution is 7.97. The minimum atomic E-state index is -0.927. The maximum Gasteiger partial charge on any atom is 0.326 e. The number of imidazole rings is 1. The highest BCUT2D eigenvalue weighted by Gasteiger charge is 2.20. The second kappa shape index (κ2) is 9.47. The average molecular weight is 413 g/mol. The number of anilines is 1. The molecule has 1 amide bonds. The van der Waals surface area contributed by atoms with Gasteiger partial charge in [0.2, 0.25) is 0 Å². The molecule has 3 rings (SSSR count). The number of hydrogen-bond acceptors (Lipinski definition) is 6. The number of methoxy groups -OCH3 is 1. The zero-order valence-electron chi connectivity index (χ0n) is 16.5. The van der Waals surface area contributed by atoms with Gasteiger partial charge in [-0.05, 0) is 49.6 Å². The van der Waals surface area contributed by atoms with Crippen molar-refractivity contribution < 1.29 is 19.1 Å². The molecule has 0 fully saturated rings. The molecule has 1 aromatic heterocycles. The number of nitrogens with zero attached hydrogens (tertiary/aromatic N) is 2. The minimum Gasteiger partial charge on any atom is -0.497 e. The molecule has 3 aromatic rings. The standard InChI is InChI=1S/C21H23N3O4S/c1-14(21(26)22-15-8-10-16(27-2)11-9-15)28-20(25)12-24-18-7-5-4-6-17(18)23-19(24)13-29-3/h4-11,14H,12-13H2,1-3H3,(H,22,26)/t14-/m0/s1. The topological polar surface area (TPSA) is 82.5 Å². The molecule has 8 heteroatoms. The van der Waals surface area contributed by atoms with E-state index in [9.17, 15) is 9.59 Å². The first-order valence-corrected chi connectivity index (χ1v) is 10.5. The molecule has 1 N–H and O–H groups in total. The minimum absolute atomic E-state index is 0.00341. The van der Waals surface area contributed by atoms with Crippen molar-refractivity contribution in [2.45, 2.75) is 25.3 Å². The van der Waals surface area contributed by atoms with Crippen LogP contribution in [0.1, 0.15) is 12.7 Å². The van der Waals surface area contributed by atoms with Crippen LogP contribution in [0.25, 0.3) is 11.0 Å². The first kappa shape index (κ1) is 20.7. The van der Waals surface area contributed by atoms with Gasteiger partial charge >= 0.3 is 5.97 Å². The maximum absolute atomic E-state index is 12.5. The molecular formula is C21H23N3O4S. The van der Waals surface area contributed by atoms with Crippen molar-refractivity contribution in [2.24, 2.45) is 0 Å². The van der Waals surface area contributed by atoms with Gasteiger partial charge in [0.05, 0.1) is 23.9 Å². The third-order valence-electron chi connectivity index (χ3n) is 4.33. The largest absolute Gasteiger partial charge is 0.497 e. The average Bonchev–Trinajstić information content (AvgIpc) is 3.06. The lowest BCUT2D eigenvalue weighted by Gasteiger charge is -2.15. The molecular weight excluding hydrogens is 390 g/mol. The maximum atomic E-state index is 12.5. The molecule has 7 nitrogen and oxygen atoms in total. The highest BCUT2D eigenvalue weighted by Crippen LogP contribution is 2.19. The predicted octanol–water partition coefficient (Wildman–Crippen LogP) is 3.48. The van der Waals surface area contributed by atoms with Gasteiger partial charge in [-0.2, -0.15) is 11.8 Å². The Kier molecular flexibility index (Phi) is 6.77. The van der Waals surface area contributed by atoms with Crippen molar-refractivity contribution in [3.8, 4) is 5.75 Å². The molecule has 0 saturated heterocycles. The van der Waals surface area contributed by atoms with E-state index in [2.05, 4.69) is 10.3 Å². The Morgan fingerprint density at radius 2 is 1.90 bits per heavy atom. The van der Waals surface area contributed by atoms with E-state index in [0.717, 1.165) is 16.9 Å². The number of thioether (sulfide) groups is 1. The summed E-state index contributed by atoms with van der Waals surface area (Å²) in [5.74, 6) is 1.27. The fourth-order valence-corrected chi connectivity index (χ4v) is 3.35. The third-order valence-corrected chi connectivity index (χ3v) is 4.88. The number of carbonyl (C=O) groups is 2. The zero-order chi connectivity index (χ0) is 20.8. The summed E-state index contributed by atoms with van der Waals surface area (Å²) in [6.45, 7) is 1.54. The molecule has 0 saturated carbocycles. The smallest absolute Gasteiger partial charge is 0.326 e. The van der Waals surface area contributed by atoms with Crippen molar-refractivity contribution >= 4 is 40.4 Å². The Hall–Kier alpha value is -3.00. The Morgan fingerprint density at radius 1 is 1.17 bits per heavy atom. The lowest BCUT2D eigenvalue weighted by Crippen LogP contribution is -2.31. The Labute approximate surface area is 173 Å². The van der Waals surface area contributed by atoms with E-state index >= 15 is 0 Å². The van der Waals surface area contributed by atoms with E-state index < -0.39 is 18.0 Å². The molecule has 0 unspecified atom stereocenters. The summed E-state index contributed by atoms with van der Waals surface area (Å²) in [5.41, 5.74) is 2.29. The second-order valence-corrected chi connectivity index (χ2v) is 7.25. The zero-order valence-corrected chi connectivity index (χ0v) is 17.4. The first-order chi connectivity index (χ1) is 14.0. The van der Waals surface area contributed by atoms with Crippen molar-refractivity contribution in [1.29, 1.82) is 0 Å². The van der Waals surface area contributed by atoms with Gasteiger partial charge < -0.3 is 19.4 Å². The number of para-hydroxylation sites is 2. The second-order valence-electron chi connectivity index (χ2n) is 6.39. The van der Waals surface area contributed by atoms with Gasteiger partial charge in [0.15, 0.2) is 6.10 Å². The monoisotopic (exact) mass is 413 g/mol. The highest BCUT2D eigenvalue weighted by atomic mass is 32.2. The number of fused-ring (bicyclic) bond motifs is 1. The number of amides is 1. The van der Waals surface area contributed by atoms with Crippen LogP contribution in [-0.4, -0.2) is 40.9 Å². The van der Waals surface area contributed by atoms with Gasteiger partial charge in [-0.15, -0.1) is 0 Å². The molecule has 0 bridgehead atoms. The van der Waals surface area contributed by atoms with Crippen molar-refractivity contribution in [3.63, 3.8) is 0 Å². The van der Waals surface area contributed by atoms with Gasteiger partial charge in [0, 0.05) is 5.69 Å². The van der Waals surface area contributed by atoms with Crippen LogP contribution in [0, 0.1) is 0 Å². The fraction of sp³-hybridized carbons (Fsp3) is 0.286. The Bertz CT molecular complexity index is 1000. The van der Waals surface area contributed by atoms with Gasteiger partial charge in [-0.25, -0.2) is 4.98 Å². The Morgan fingerprint density at radius 3 is 2.59 bits per heavy atom. The molecule has 0 spiro atoms. The van der Waals surface area contributed by atoms with Crippen LogP contribution < -0.4 is 10.1 Å². The van der Waals surface area contributed by atoms with Gasteiger partial charge in [0.25, 0.3) is 5.91 Å². The molecule has 0 aliphatic carbocycles. The molecule has 1 heterocycles. The fourth-order valence-electron chi connectivity index (χ4n) is 2.88. The first-order valence-electron chi connectivity index (χ1n) is 9.09. The number of esters is 1. The number of nitrogens with one attached hydrogen (secondary N) is 1. The molecule has 1 atom stereocenters. The van der Waals surface area contributed by atoms with Crippen LogP contribution in [0.5, 0.6) is 5.75 Å². The number of benzene rings is 2. The van der Waals surface area contributed by atoms with Gasteiger partial charge in [-0.1, -0.05) is 12.1 Å². The van der Waals surface area contributed by atoms with E-state index in [4.69, 9.17) is 9.47 Å². The lowest BCUT2D eigenvalue weighted by molar-refractivity contribution is -0.153. The summed E-state index contributed by atoms with van der Waals surface area (Å²) in [7, 11) is 1.57. The van der Waals surface area contributed by atoms with Crippen molar-refractivity contribution in [2.75, 3.05) is 18.7 Å². The van der Waals surface area contributed by atoms with E-state index in [0.29, 0.717) is 17.2 Å². The summed E-state index contributed by atoms with van der Waals surface area (Å²) in [5, 5.41) is 2.72. The lowest BCUT2D eigenvalue weighted by atomic mass is 10.3. The molecule has 2 aromatic carbocycles. The van der Waals surface area contributed by atoms with Crippen LogP contribution in [0.2, 0.25) is 0 Å². The van der Waals surface area contributed by atoms with Crippen LogP contribution in [0.15, 0.2) is 48.5 Å². The number of rotatable bonds is 8. The van der Waals surface area contributed by atoms with Gasteiger partial charge in [-0.3, -0.25) is 9.59 Å². The number of carbonyl (C=O) groups excluding carboxylic acids is 2. The summed E-state index contributed by atoms with van der Waals surface area (Å²) >= 11 is 1.63. The predicted molar refractivity (Wildman–Crippen MR) is 114 cm³/mol. The van der Waals surface area contributed by atoms with Crippen LogP contribution >= 0.6 is 11.8 Å². The molecule has 0 aliphatic heterocycles. The molecule has 152 valence electrons. The SMILES string of the molecule is COc1ccc(NC(=O)[C@H](C)OC(=O)Cn2c(CSC)nc3ccccc32)cc1. The summed E-state index contributed by atoms with van der Waals surface area (Å²) in [4.78, 5) is 29.4. The molecule has 0 aliphatic rings. The quantitative estimate of drug-likeness (QED) is 0.570. The van der Waals surface area contributed by atoms with E-state index in [-0.39, 0.29) is 6.54 Å². The number of ether oxygens (including phenoxy) is 2. The van der Waals surface area contributed by atoms with E-state index in [1.165, 1.54) is 0 Å².